The molecular weight excluding hydrogens is 186 g/mol. The highest BCUT2D eigenvalue weighted by Gasteiger charge is 2.37. The first kappa shape index (κ1) is 10.1. The van der Waals surface area contributed by atoms with Crippen LogP contribution in [-0.2, 0) is 0 Å². The minimum absolute atomic E-state index is 0.700. The smallest absolute Gasteiger partial charge is 0.0247 e. The molecule has 0 aromatic heterocycles. The SMILES string of the molecule is NCC(C1CC1)N1CCN(C2CC2)CC1. The molecule has 1 heterocycles. The van der Waals surface area contributed by atoms with Gasteiger partial charge in [-0.05, 0) is 31.6 Å². The Balaban J connectivity index is 1.51. The average molecular weight is 209 g/mol. The summed E-state index contributed by atoms with van der Waals surface area (Å²) in [5.74, 6) is 0.933. The van der Waals surface area contributed by atoms with Gasteiger partial charge in [0.05, 0.1) is 0 Å². The first-order chi connectivity index (χ1) is 7.38. The van der Waals surface area contributed by atoms with E-state index in [1.807, 2.05) is 0 Å². The molecule has 0 bridgehead atoms. The van der Waals surface area contributed by atoms with E-state index in [1.54, 1.807) is 0 Å². The van der Waals surface area contributed by atoms with Crippen LogP contribution in [0.5, 0.6) is 0 Å². The highest BCUT2D eigenvalue weighted by Crippen LogP contribution is 2.36. The molecule has 15 heavy (non-hydrogen) atoms. The lowest BCUT2D eigenvalue weighted by Crippen LogP contribution is -2.53. The fourth-order valence-corrected chi connectivity index (χ4v) is 2.99. The van der Waals surface area contributed by atoms with E-state index in [-0.39, 0.29) is 0 Å². The zero-order valence-electron chi connectivity index (χ0n) is 9.57. The zero-order chi connectivity index (χ0) is 10.3. The Morgan fingerprint density at radius 3 is 2.13 bits per heavy atom. The molecule has 3 heteroatoms. The molecule has 1 unspecified atom stereocenters. The van der Waals surface area contributed by atoms with Crippen LogP contribution >= 0.6 is 0 Å². The molecule has 1 saturated heterocycles. The van der Waals surface area contributed by atoms with Crippen molar-refractivity contribution < 1.29 is 0 Å². The van der Waals surface area contributed by atoms with Crippen LogP contribution in [0.3, 0.4) is 0 Å². The first-order valence-corrected chi connectivity index (χ1v) is 6.56. The van der Waals surface area contributed by atoms with Crippen molar-refractivity contribution in [2.45, 2.75) is 37.8 Å². The van der Waals surface area contributed by atoms with Gasteiger partial charge >= 0.3 is 0 Å². The van der Waals surface area contributed by atoms with Gasteiger partial charge in [-0.25, -0.2) is 0 Å². The highest BCUT2D eigenvalue weighted by atomic mass is 15.3. The Kier molecular flexibility index (Phi) is 2.71. The van der Waals surface area contributed by atoms with Gasteiger partial charge in [-0.2, -0.15) is 0 Å². The van der Waals surface area contributed by atoms with E-state index in [9.17, 15) is 0 Å². The molecule has 2 N–H and O–H groups in total. The molecule has 0 aromatic rings. The van der Waals surface area contributed by atoms with E-state index in [1.165, 1.54) is 51.9 Å². The van der Waals surface area contributed by atoms with Crippen molar-refractivity contribution >= 4 is 0 Å². The number of nitrogens with two attached hydrogens (primary N) is 1. The third kappa shape index (κ3) is 2.19. The summed E-state index contributed by atoms with van der Waals surface area (Å²) in [6.07, 6.45) is 5.74. The molecule has 3 nitrogen and oxygen atoms in total. The number of hydrogen-bond acceptors (Lipinski definition) is 3. The van der Waals surface area contributed by atoms with E-state index in [0.717, 1.165) is 18.5 Å². The minimum atomic E-state index is 0.700. The Hall–Kier alpha value is -0.120. The summed E-state index contributed by atoms with van der Waals surface area (Å²) in [5, 5.41) is 0. The molecule has 0 aromatic carbocycles. The number of piperazine rings is 1. The van der Waals surface area contributed by atoms with Crippen molar-refractivity contribution in [1.82, 2.24) is 9.80 Å². The van der Waals surface area contributed by atoms with Crippen LogP contribution < -0.4 is 5.73 Å². The topological polar surface area (TPSA) is 32.5 Å². The fourth-order valence-electron chi connectivity index (χ4n) is 2.99. The second-order valence-corrected chi connectivity index (χ2v) is 5.44. The van der Waals surface area contributed by atoms with Gasteiger partial charge in [0.25, 0.3) is 0 Å². The van der Waals surface area contributed by atoms with Gasteiger partial charge in [-0.1, -0.05) is 0 Å². The van der Waals surface area contributed by atoms with E-state index in [4.69, 9.17) is 5.73 Å². The van der Waals surface area contributed by atoms with Crippen LogP contribution in [0, 0.1) is 5.92 Å². The summed E-state index contributed by atoms with van der Waals surface area (Å²) in [5.41, 5.74) is 5.90. The zero-order valence-corrected chi connectivity index (χ0v) is 9.57. The summed E-state index contributed by atoms with van der Waals surface area (Å²) in [6.45, 7) is 5.96. The molecule has 0 amide bonds. The first-order valence-electron chi connectivity index (χ1n) is 6.56. The van der Waals surface area contributed by atoms with Gasteiger partial charge in [0.2, 0.25) is 0 Å². The van der Waals surface area contributed by atoms with Crippen LogP contribution in [0.25, 0.3) is 0 Å². The summed E-state index contributed by atoms with van der Waals surface area (Å²) >= 11 is 0. The number of nitrogens with zero attached hydrogens (tertiary/aromatic N) is 2. The normalized spacial score (nSPS) is 31.8. The lowest BCUT2D eigenvalue weighted by molar-refractivity contribution is 0.0855. The highest BCUT2D eigenvalue weighted by molar-refractivity contribution is 4.93. The lowest BCUT2D eigenvalue weighted by Gasteiger charge is -2.39. The maximum atomic E-state index is 5.90. The second-order valence-electron chi connectivity index (χ2n) is 5.44. The summed E-state index contributed by atoms with van der Waals surface area (Å²) in [7, 11) is 0. The van der Waals surface area contributed by atoms with Gasteiger partial charge in [0.15, 0.2) is 0 Å². The molecular formula is C12H23N3. The minimum Gasteiger partial charge on any atom is -0.329 e. The molecule has 3 aliphatic rings. The standard InChI is InChI=1S/C12H23N3/c13-9-12(10-1-2-10)15-7-5-14(6-8-15)11-3-4-11/h10-12H,1-9,13H2. The molecule has 1 aliphatic heterocycles. The predicted octanol–water partition coefficient (Wildman–Crippen LogP) is 0.504. The summed E-state index contributed by atoms with van der Waals surface area (Å²) < 4.78 is 0. The van der Waals surface area contributed by atoms with Crippen LogP contribution in [0.1, 0.15) is 25.7 Å². The van der Waals surface area contributed by atoms with Crippen molar-refractivity contribution in [2.75, 3.05) is 32.7 Å². The second kappa shape index (κ2) is 4.04. The van der Waals surface area contributed by atoms with Gasteiger partial charge in [-0.15, -0.1) is 0 Å². The van der Waals surface area contributed by atoms with Crippen molar-refractivity contribution in [3.63, 3.8) is 0 Å². The van der Waals surface area contributed by atoms with Crippen LogP contribution in [0.2, 0.25) is 0 Å². The maximum Gasteiger partial charge on any atom is 0.0247 e. The van der Waals surface area contributed by atoms with E-state index < -0.39 is 0 Å². The predicted molar refractivity (Wildman–Crippen MR) is 61.7 cm³/mol. The van der Waals surface area contributed by atoms with Crippen molar-refractivity contribution in [3.8, 4) is 0 Å². The molecule has 0 radical (unpaired) electrons. The third-order valence-corrected chi connectivity index (χ3v) is 4.29. The lowest BCUT2D eigenvalue weighted by atomic mass is 10.1. The molecule has 2 saturated carbocycles. The summed E-state index contributed by atoms with van der Waals surface area (Å²) in [6, 6.07) is 1.65. The quantitative estimate of drug-likeness (QED) is 0.732. The Morgan fingerprint density at radius 2 is 1.67 bits per heavy atom. The van der Waals surface area contributed by atoms with Crippen LogP contribution in [0.15, 0.2) is 0 Å². The number of hydrogen-bond donors (Lipinski definition) is 1. The van der Waals surface area contributed by atoms with Crippen molar-refractivity contribution in [3.05, 3.63) is 0 Å². The van der Waals surface area contributed by atoms with Gasteiger partial charge < -0.3 is 5.73 Å². The maximum absolute atomic E-state index is 5.90. The van der Waals surface area contributed by atoms with Gasteiger partial charge in [-0.3, -0.25) is 9.80 Å². The van der Waals surface area contributed by atoms with Gasteiger partial charge in [0, 0.05) is 44.8 Å². The van der Waals surface area contributed by atoms with Crippen LogP contribution in [-0.4, -0.2) is 54.6 Å². The van der Waals surface area contributed by atoms with Crippen molar-refractivity contribution in [2.24, 2.45) is 11.7 Å². The van der Waals surface area contributed by atoms with E-state index in [2.05, 4.69) is 9.80 Å². The molecule has 86 valence electrons. The Morgan fingerprint density at radius 1 is 1.00 bits per heavy atom. The molecule has 0 spiro atoms. The molecule has 1 atom stereocenters. The third-order valence-electron chi connectivity index (χ3n) is 4.29. The number of rotatable bonds is 4. The fraction of sp³-hybridized carbons (Fsp3) is 1.00. The molecule has 3 fully saturated rings. The monoisotopic (exact) mass is 209 g/mol. The average Bonchev–Trinajstić information content (AvgIpc) is 3.14. The van der Waals surface area contributed by atoms with Crippen LogP contribution in [0.4, 0.5) is 0 Å². The Bertz CT molecular complexity index is 215. The largest absolute Gasteiger partial charge is 0.329 e. The molecule has 3 rings (SSSR count). The van der Waals surface area contributed by atoms with Crippen molar-refractivity contribution in [1.29, 1.82) is 0 Å². The summed E-state index contributed by atoms with van der Waals surface area (Å²) in [4.78, 5) is 5.33. The Labute approximate surface area is 92.6 Å². The van der Waals surface area contributed by atoms with E-state index in [0.29, 0.717) is 6.04 Å². The van der Waals surface area contributed by atoms with Gasteiger partial charge in [0.1, 0.15) is 0 Å². The molecule has 2 aliphatic carbocycles. The van der Waals surface area contributed by atoms with E-state index >= 15 is 0 Å².